The number of fused-ring (bicyclic) bond motifs is 3. The first-order valence-electron chi connectivity index (χ1n) is 9.56. The second kappa shape index (κ2) is 5.96. The highest BCUT2D eigenvalue weighted by atomic mass is 14.5. The molecule has 0 amide bonds. The van der Waals surface area contributed by atoms with Crippen molar-refractivity contribution in [1.82, 2.24) is 0 Å². The van der Waals surface area contributed by atoms with Crippen molar-refractivity contribution >= 4 is 0 Å². The lowest BCUT2D eigenvalue weighted by atomic mass is 9.67. The Labute approximate surface area is 161 Å². The third-order valence-corrected chi connectivity index (χ3v) is 6.15. The van der Waals surface area contributed by atoms with E-state index in [9.17, 15) is 0 Å². The van der Waals surface area contributed by atoms with Crippen LogP contribution in [0.3, 0.4) is 0 Å². The topological polar surface area (TPSA) is 0 Å². The SMILES string of the molecule is Cc1ccc2c(c1C)-c1ccccc1C2(c1ccccc1)c1ccccc1. The van der Waals surface area contributed by atoms with Crippen LogP contribution >= 0.6 is 0 Å². The Balaban J connectivity index is 2.01. The van der Waals surface area contributed by atoms with Crippen molar-refractivity contribution in [2.24, 2.45) is 0 Å². The zero-order valence-electron chi connectivity index (χ0n) is 15.7. The molecular weight excluding hydrogens is 324 g/mol. The lowest BCUT2D eigenvalue weighted by Crippen LogP contribution is -2.28. The van der Waals surface area contributed by atoms with Crippen molar-refractivity contribution < 1.29 is 0 Å². The van der Waals surface area contributed by atoms with Crippen molar-refractivity contribution in [2.75, 3.05) is 0 Å². The minimum Gasteiger partial charge on any atom is -0.0622 e. The summed E-state index contributed by atoms with van der Waals surface area (Å²) in [6.07, 6.45) is 0. The molecule has 5 rings (SSSR count). The molecule has 0 saturated heterocycles. The quantitative estimate of drug-likeness (QED) is 0.335. The van der Waals surface area contributed by atoms with Gasteiger partial charge in [-0.25, -0.2) is 0 Å². The molecule has 0 heterocycles. The lowest BCUT2D eigenvalue weighted by Gasteiger charge is -2.34. The van der Waals surface area contributed by atoms with Gasteiger partial charge in [-0.2, -0.15) is 0 Å². The van der Waals surface area contributed by atoms with Gasteiger partial charge in [0.15, 0.2) is 0 Å². The summed E-state index contributed by atoms with van der Waals surface area (Å²) in [4.78, 5) is 0. The lowest BCUT2D eigenvalue weighted by molar-refractivity contribution is 0.768. The summed E-state index contributed by atoms with van der Waals surface area (Å²) in [5.41, 5.74) is 10.6. The molecule has 0 radical (unpaired) electrons. The van der Waals surface area contributed by atoms with Crippen LogP contribution in [0.2, 0.25) is 0 Å². The minimum absolute atomic E-state index is 0.271. The van der Waals surface area contributed by atoms with Gasteiger partial charge in [-0.15, -0.1) is 0 Å². The van der Waals surface area contributed by atoms with E-state index in [1.165, 1.54) is 44.5 Å². The molecule has 0 spiro atoms. The molecule has 0 heteroatoms. The molecule has 0 nitrogen and oxygen atoms in total. The smallest absolute Gasteiger partial charge is 0.0622 e. The fraction of sp³-hybridized carbons (Fsp3) is 0.111. The summed E-state index contributed by atoms with van der Waals surface area (Å²) >= 11 is 0. The van der Waals surface area contributed by atoms with Crippen LogP contribution in [0.5, 0.6) is 0 Å². The van der Waals surface area contributed by atoms with Crippen LogP contribution in [0.1, 0.15) is 33.4 Å². The molecule has 0 aliphatic heterocycles. The van der Waals surface area contributed by atoms with Gasteiger partial charge in [-0.3, -0.25) is 0 Å². The number of benzene rings is 4. The van der Waals surface area contributed by atoms with Crippen LogP contribution in [0.4, 0.5) is 0 Å². The maximum atomic E-state index is 2.34. The van der Waals surface area contributed by atoms with Crippen molar-refractivity contribution in [2.45, 2.75) is 19.3 Å². The summed E-state index contributed by atoms with van der Waals surface area (Å²) in [5.74, 6) is 0. The van der Waals surface area contributed by atoms with Crippen LogP contribution in [-0.2, 0) is 5.41 Å². The highest BCUT2D eigenvalue weighted by Crippen LogP contribution is 2.56. The van der Waals surface area contributed by atoms with Crippen LogP contribution in [0.15, 0.2) is 97.1 Å². The van der Waals surface area contributed by atoms with Crippen LogP contribution in [0.25, 0.3) is 11.1 Å². The fourth-order valence-electron chi connectivity index (χ4n) is 4.81. The molecular formula is C27H22. The van der Waals surface area contributed by atoms with Gasteiger partial charge in [0.05, 0.1) is 5.41 Å². The summed E-state index contributed by atoms with van der Waals surface area (Å²) in [6, 6.07) is 35.5. The van der Waals surface area contributed by atoms with Crippen molar-refractivity contribution in [1.29, 1.82) is 0 Å². The van der Waals surface area contributed by atoms with E-state index >= 15 is 0 Å². The first kappa shape index (κ1) is 16.1. The maximum absolute atomic E-state index is 2.34. The van der Waals surface area contributed by atoms with Gasteiger partial charge in [0, 0.05) is 0 Å². The average Bonchev–Trinajstić information content (AvgIpc) is 3.04. The van der Waals surface area contributed by atoms with Gasteiger partial charge in [0.1, 0.15) is 0 Å². The first-order chi connectivity index (χ1) is 13.2. The van der Waals surface area contributed by atoms with Gasteiger partial charge in [-0.05, 0) is 58.4 Å². The minimum atomic E-state index is -0.271. The van der Waals surface area contributed by atoms with E-state index in [2.05, 4.69) is 111 Å². The Kier molecular flexibility index (Phi) is 3.55. The van der Waals surface area contributed by atoms with E-state index in [-0.39, 0.29) is 5.41 Å². The average molecular weight is 346 g/mol. The van der Waals surface area contributed by atoms with Gasteiger partial charge < -0.3 is 0 Å². The standard InChI is InChI=1S/C27H22/c1-19-17-18-25-26(20(19)2)23-15-9-10-16-24(23)27(25,21-11-5-3-6-12-21)22-13-7-4-8-14-22/h3-18H,1-2H3. The molecule has 0 aromatic heterocycles. The Morgan fingerprint density at radius 1 is 0.519 bits per heavy atom. The van der Waals surface area contributed by atoms with Crippen molar-refractivity contribution in [3.05, 3.63) is 130 Å². The summed E-state index contributed by atoms with van der Waals surface area (Å²) in [7, 11) is 0. The van der Waals surface area contributed by atoms with Gasteiger partial charge >= 0.3 is 0 Å². The van der Waals surface area contributed by atoms with E-state index in [0.29, 0.717) is 0 Å². The second-order valence-electron chi connectivity index (χ2n) is 7.46. The molecule has 0 fully saturated rings. The number of aryl methyl sites for hydroxylation is 1. The summed E-state index contributed by atoms with van der Waals surface area (Å²) in [5, 5.41) is 0. The van der Waals surface area contributed by atoms with E-state index in [0.717, 1.165) is 0 Å². The van der Waals surface area contributed by atoms with E-state index < -0.39 is 0 Å². The fourth-order valence-corrected chi connectivity index (χ4v) is 4.81. The molecule has 4 aromatic carbocycles. The molecule has 0 bridgehead atoms. The summed E-state index contributed by atoms with van der Waals surface area (Å²) < 4.78 is 0. The molecule has 4 aromatic rings. The van der Waals surface area contributed by atoms with Crippen molar-refractivity contribution in [3.8, 4) is 11.1 Å². The Bertz CT molecular complexity index is 1080. The summed E-state index contributed by atoms with van der Waals surface area (Å²) in [6.45, 7) is 4.47. The molecule has 0 N–H and O–H groups in total. The normalized spacial score (nSPS) is 13.9. The van der Waals surface area contributed by atoms with E-state index in [4.69, 9.17) is 0 Å². The van der Waals surface area contributed by atoms with Crippen LogP contribution in [-0.4, -0.2) is 0 Å². The van der Waals surface area contributed by atoms with E-state index in [1.807, 2.05) is 0 Å². The monoisotopic (exact) mass is 346 g/mol. The highest BCUT2D eigenvalue weighted by Gasteiger charge is 2.46. The number of hydrogen-bond acceptors (Lipinski definition) is 0. The zero-order valence-corrected chi connectivity index (χ0v) is 15.7. The molecule has 27 heavy (non-hydrogen) atoms. The first-order valence-corrected chi connectivity index (χ1v) is 9.56. The molecule has 0 saturated carbocycles. The van der Waals surface area contributed by atoms with Crippen molar-refractivity contribution in [3.63, 3.8) is 0 Å². The molecule has 1 aliphatic rings. The number of hydrogen-bond donors (Lipinski definition) is 0. The third-order valence-electron chi connectivity index (χ3n) is 6.15. The number of rotatable bonds is 2. The molecule has 1 aliphatic carbocycles. The van der Waals surface area contributed by atoms with Gasteiger partial charge in [0.25, 0.3) is 0 Å². The predicted octanol–water partition coefficient (Wildman–Crippen LogP) is 6.67. The highest BCUT2D eigenvalue weighted by molar-refractivity contribution is 5.88. The van der Waals surface area contributed by atoms with Crippen LogP contribution < -0.4 is 0 Å². The van der Waals surface area contributed by atoms with Gasteiger partial charge in [0.2, 0.25) is 0 Å². The van der Waals surface area contributed by atoms with Gasteiger partial charge in [-0.1, -0.05) is 97.1 Å². The Morgan fingerprint density at radius 2 is 1.07 bits per heavy atom. The molecule has 0 atom stereocenters. The Morgan fingerprint density at radius 3 is 1.70 bits per heavy atom. The zero-order chi connectivity index (χ0) is 18.4. The van der Waals surface area contributed by atoms with Crippen LogP contribution in [0, 0.1) is 13.8 Å². The molecule has 0 unspecified atom stereocenters. The molecule has 130 valence electrons. The Hall–Kier alpha value is -3.12. The van der Waals surface area contributed by atoms with E-state index in [1.54, 1.807) is 0 Å². The maximum Gasteiger partial charge on any atom is 0.0713 e. The predicted molar refractivity (Wildman–Crippen MR) is 113 cm³/mol. The second-order valence-corrected chi connectivity index (χ2v) is 7.46. The third kappa shape index (κ3) is 2.10. The largest absolute Gasteiger partial charge is 0.0713 e.